The van der Waals surface area contributed by atoms with E-state index in [1.54, 1.807) is 5.43 Å². The van der Waals surface area contributed by atoms with Gasteiger partial charge >= 0.3 is 7.12 Å². The molecule has 0 aromatic carbocycles. The molecule has 1 heterocycles. The van der Waals surface area contributed by atoms with Crippen LogP contribution in [0.1, 0.15) is 118 Å². The molecular weight excluding hydrogens is 577 g/mol. The number of hydrogen-bond acceptors (Lipinski definition) is 8. The van der Waals surface area contributed by atoms with Crippen LogP contribution in [0.3, 0.4) is 0 Å². The number of unbranched alkanes of at least 4 members (excludes halogenated alkanes) is 6. The van der Waals surface area contributed by atoms with Crippen LogP contribution in [0.4, 0.5) is 0 Å². The Balaban J connectivity index is 1.59. The molecule has 13 nitrogen and oxygen atoms in total. The molecule has 0 radical (unpaired) electrons. The van der Waals surface area contributed by atoms with E-state index in [1.807, 2.05) is 0 Å². The lowest BCUT2D eigenvalue weighted by atomic mass is 9.43. The fraction of sp³-hybridized carbons (Fsp3) is 0.871. The lowest BCUT2D eigenvalue weighted by Gasteiger charge is -2.64. The average Bonchev–Trinajstić information content (AvgIpc) is 3.32. The molecule has 3 aliphatic carbocycles. The van der Waals surface area contributed by atoms with Crippen molar-refractivity contribution in [3.63, 3.8) is 0 Å². The molecule has 4 rings (SSSR count). The highest BCUT2D eigenvalue weighted by Crippen LogP contribution is 2.65. The number of amides is 2. The number of carbonyl (C=O) groups is 2. The number of hydrazine groups is 1. The maximum atomic E-state index is 13.7. The lowest BCUT2D eigenvalue weighted by Crippen LogP contribution is -2.65. The Morgan fingerprint density at radius 3 is 2.42 bits per heavy atom. The van der Waals surface area contributed by atoms with Crippen molar-refractivity contribution in [1.29, 1.82) is 10.7 Å². The second-order valence-corrected chi connectivity index (χ2v) is 14.3. The number of rotatable bonds is 19. The molecule has 0 spiro atoms. The van der Waals surface area contributed by atoms with Crippen molar-refractivity contribution < 1.29 is 23.9 Å². The normalized spacial score (nSPS) is 25.7. The topological polar surface area (TPSA) is 191 Å². The van der Waals surface area contributed by atoms with Gasteiger partial charge < -0.3 is 25.3 Å². The van der Waals surface area contributed by atoms with E-state index in [-0.39, 0.29) is 42.2 Å². The molecule has 0 unspecified atom stereocenters. The molecule has 45 heavy (non-hydrogen) atoms. The summed E-state index contributed by atoms with van der Waals surface area (Å²) in [5, 5.41) is 34.7. The fourth-order valence-electron chi connectivity index (χ4n) is 7.48. The molecule has 1 aliphatic heterocycles. The van der Waals surface area contributed by atoms with Crippen LogP contribution in [-0.4, -0.2) is 60.2 Å². The molecule has 4 fully saturated rings. The first kappa shape index (κ1) is 36.6. The van der Waals surface area contributed by atoms with Crippen LogP contribution in [0.15, 0.2) is 0 Å². The zero-order chi connectivity index (χ0) is 33.2. The first-order chi connectivity index (χ1) is 21.3. The van der Waals surface area contributed by atoms with Gasteiger partial charge in [0.2, 0.25) is 11.8 Å². The molecule has 6 atom stereocenters. The first-order valence-electron chi connectivity index (χ1n) is 16.8. The van der Waals surface area contributed by atoms with E-state index in [2.05, 4.69) is 56.6 Å². The SMILES string of the molecule is CC(C)C[C@H](NC(=O)[C@H](CCCNC(=N)N[N+](=O)[O-])NC(=O)CCCCCCCCC#N)B1O[C@@H]2C[C@@H]3C[C@@H](C3(C)C)[C@]2(C)O1. The number of nitro groups is 1. The molecule has 0 aromatic heterocycles. The number of nitrogens with zero attached hydrogens (tertiary/aromatic N) is 2. The van der Waals surface area contributed by atoms with Gasteiger partial charge in [-0.2, -0.15) is 5.26 Å². The van der Waals surface area contributed by atoms with Gasteiger partial charge in [-0.1, -0.05) is 58.8 Å². The summed E-state index contributed by atoms with van der Waals surface area (Å²) >= 11 is 0. The second-order valence-electron chi connectivity index (χ2n) is 14.3. The minimum absolute atomic E-state index is 0.0122. The molecule has 2 bridgehead atoms. The van der Waals surface area contributed by atoms with Crippen molar-refractivity contribution >= 4 is 24.9 Å². The van der Waals surface area contributed by atoms with Crippen LogP contribution >= 0.6 is 0 Å². The third-order valence-corrected chi connectivity index (χ3v) is 10.1. The number of carbonyl (C=O) groups excluding carboxylic acids is 2. The van der Waals surface area contributed by atoms with Crippen LogP contribution < -0.4 is 21.4 Å². The zero-order valence-corrected chi connectivity index (χ0v) is 27.8. The van der Waals surface area contributed by atoms with Gasteiger partial charge in [0.1, 0.15) is 6.04 Å². The van der Waals surface area contributed by atoms with Crippen molar-refractivity contribution in [3.8, 4) is 6.07 Å². The Labute approximate surface area is 268 Å². The van der Waals surface area contributed by atoms with Gasteiger partial charge in [-0.25, -0.2) is 10.1 Å². The molecular formula is C31H54BN7O6. The Hall–Kier alpha value is -2.92. The zero-order valence-electron chi connectivity index (χ0n) is 27.8. The molecule has 5 N–H and O–H groups in total. The minimum Gasteiger partial charge on any atom is -0.404 e. The maximum absolute atomic E-state index is 13.7. The van der Waals surface area contributed by atoms with Gasteiger partial charge in [0.05, 0.1) is 23.7 Å². The average molecular weight is 632 g/mol. The van der Waals surface area contributed by atoms with Gasteiger partial charge in [-0.05, 0) is 75.0 Å². The first-order valence-corrected chi connectivity index (χ1v) is 16.8. The monoisotopic (exact) mass is 631 g/mol. The van der Waals surface area contributed by atoms with Gasteiger partial charge in [0.15, 0.2) is 5.03 Å². The summed E-state index contributed by atoms with van der Waals surface area (Å²) in [5.74, 6) is -0.0843. The van der Waals surface area contributed by atoms with Crippen LogP contribution in [0.5, 0.6) is 0 Å². The van der Waals surface area contributed by atoms with E-state index in [1.165, 1.54) is 0 Å². The number of guanidine groups is 1. The van der Waals surface area contributed by atoms with Gasteiger partial charge in [0, 0.05) is 19.4 Å². The molecule has 4 aliphatic rings. The highest BCUT2D eigenvalue weighted by molar-refractivity contribution is 6.48. The van der Waals surface area contributed by atoms with Crippen molar-refractivity contribution in [1.82, 2.24) is 21.4 Å². The molecule has 1 saturated heterocycles. The van der Waals surface area contributed by atoms with Crippen LogP contribution in [0.2, 0.25) is 0 Å². The van der Waals surface area contributed by atoms with E-state index >= 15 is 0 Å². The summed E-state index contributed by atoms with van der Waals surface area (Å²) in [4.78, 5) is 37.2. The molecule has 252 valence electrons. The quantitative estimate of drug-likeness (QED) is 0.0350. The third-order valence-electron chi connectivity index (χ3n) is 10.1. The van der Waals surface area contributed by atoms with E-state index < -0.39 is 35.7 Å². The minimum atomic E-state index is -0.818. The van der Waals surface area contributed by atoms with Crippen molar-refractivity contribution in [2.24, 2.45) is 23.2 Å². The van der Waals surface area contributed by atoms with Gasteiger partial charge in [-0.3, -0.25) is 15.0 Å². The van der Waals surface area contributed by atoms with Crippen molar-refractivity contribution in [2.45, 2.75) is 142 Å². The highest BCUT2D eigenvalue weighted by Gasteiger charge is 2.68. The molecule has 2 amide bonds. The van der Waals surface area contributed by atoms with Crippen LogP contribution in [0.25, 0.3) is 0 Å². The summed E-state index contributed by atoms with van der Waals surface area (Å²) in [6, 6.07) is 1.34. The number of nitrogens with one attached hydrogen (secondary N) is 5. The number of hydrogen-bond donors (Lipinski definition) is 5. The molecule has 0 aromatic rings. The third kappa shape index (κ3) is 10.0. The number of nitriles is 1. The van der Waals surface area contributed by atoms with Crippen LogP contribution in [0, 0.1) is 50.0 Å². The second kappa shape index (κ2) is 16.6. The summed E-state index contributed by atoms with van der Waals surface area (Å²) < 4.78 is 13.2. The van der Waals surface area contributed by atoms with Crippen LogP contribution in [-0.2, 0) is 18.9 Å². The van der Waals surface area contributed by atoms with E-state index in [0.717, 1.165) is 44.9 Å². The van der Waals surface area contributed by atoms with Gasteiger partial charge in [0.25, 0.3) is 5.96 Å². The van der Waals surface area contributed by atoms with Crippen molar-refractivity contribution in [3.05, 3.63) is 10.1 Å². The fourth-order valence-corrected chi connectivity index (χ4v) is 7.48. The summed E-state index contributed by atoms with van der Waals surface area (Å²) in [6.07, 6.45) is 9.83. The smallest absolute Gasteiger partial charge is 0.404 e. The maximum Gasteiger partial charge on any atom is 0.481 e. The summed E-state index contributed by atoms with van der Waals surface area (Å²) in [6.45, 7) is 11.2. The van der Waals surface area contributed by atoms with E-state index in [0.29, 0.717) is 43.9 Å². The van der Waals surface area contributed by atoms with Gasteiger partial charge in [-0.15, -0.1) is 0 Å². The van der Waals surface area contributed by atoms with E-state index in [9.17, 15) is 19.7 Å². The highest BCUT2D eigenvalue weighted by atomic mass is 16.7. The molecule has 14 heteroatoms. The predicted molar refractivity (Wildman–Crippen MR) is 171 cm³/mol. The van der Waals surface area contributed by atoms with Crippen molar-refractivity contribution in [2.75, 3.05) is 6.54 Å². The predicted octanol–water partition coefficient (Wildman–Crippen LogP) is 4.00. The summed E-state index contributed by atoms with van der Waals surface area (Å²) in [5.41, 5.74) is 1.55. The standard InChI is InChI=1S/C31H54BN7O6/c1-21(2)18-26(32-44-25-20-22-19-24(30(22,3)4)31(25,5)45-32)37-28(41)23(14-13-17-35-29(34)38-39(42)43)36-27(40)15-11-9-7-6-8-10-12-16-33/h21-26H,6-15,17-20H2,1-5H3,(H,36,40)(H,37,41)(H3,34,35,38)/t22-,23-,24-,25+,26-,31-/m0/s1. The van der Waals surface area contributed by atoms with E-state index in [4.69, 9.17) is 20.0 Å². The Morgan fingerprint density at radius 1 is 1.09 bits per heavy atom. The lowest BCUT2D eigenvalue weighted by molar-refractivity contribution is -0.525. The molecule has 3 saturated carbocycles. The summed E-state index contributed by atoms with van der Waals surface area (Å²) in [7, 11) is -0.582. The Bertz CT molecular complexity index is 1090. The largest absolute Gasteiger partial charge is 0.481 e. The Kier molecular flexibility index (Phi) is 13.5. The Morgan fingerprint density at radius 2 is 1.78 bits per heavy atom.